The maximum Gasteiger partial charge on any atom is 0.118 e. The number of aliphatic hydroxyl groups is 1. The number of rotatable bonds is 7. The van der Waals surface area contributed by atoms with Gasteiger partial charge in [-0.3, -0.25) is 9.80 Å². The van der Waals surface area contributed by atoms with Gasteiger partial charge in [-0.05, 0) is 41.0 Å². The van der Waals surface area contributed by atoms with Crippen LogP contribution in [0.1, 0.15) is 28.8 Å². The highest BCUT2D eigenvalue weighted by Crippen LogP contribution is 2.35. The lowest BCUT2D eigenvalue weighted by atomic mass is 9.93. The molecule has 1 saturated heterocycles. The van der Waals surface area contributed by atoms with Gasteiger partial charge in [-0.25, -0.2) is 0 Å². The minimum Gasteiger partial charge on any atom is -0.497 e. The summed E-state index contributed by atoms with van der Waals surface area (Å²) in [5, 5.41) is 12.0. The first-order valence-electron chi connectivity index (χ1n) is 10.7. The van der Waals surface area contributed by atoms with Crippen LogP contribution in [0, 0.1) is 0 Å². The summed E-state index contributed by atoms with van der Waals surface area (Å²) in [5.74, 6) is 0.884. The van der Waals surface area contributed by atoms with E-state index in [0.717, 1.165) is 49.6 Å². The van der Waals surface area contributed by atoms with Crippen molar-refractivity contribution in [2.45, 2.75) is 18.7 Å². The first-order valence-corrected chi connectivity index (χ1v) is 11.1. The lowest BCUT2D eigenvalue weighted by molar-refractivity contribution is 0.0149. The molecule has 0 amide bonds. The predicted octanol–water partition coefficient (Wildman–Crippen LogP) is 4.94. The van der Waals surface area contributed by atoms with Crippen molar-refractivity contribution in [1.82, 2.24) is 9.80 Å². The molecular weight excluding hydrogens is 408 g/mol. The van der Waals surface area contributed by atoms with Crippen LogP contribution >= 0.6 is 11.6 Å². The topological polar surface area (TPSA) is 35.9 Å². The Balaban J connectivity index is 1.47. The summed E-state index contributed by atoms with van der Waals surface area (Å²) in [6.07, 6.45) is -0.644. The molecule has 0 spiro atoms. The maximum atomic E-state index is 11.3. The third kappa shape index (κ3) is 5.46. The van der Waals surface area contributed by atoms with Gasteiger partial charge in [0.2, 0.25) is 0 Å². The van der Waals surface area contributed by atoms with E-state index in [0.29, 0.717) is 5.02 Å². The van der Waals surface area contributed by atoms with Crippen LogP contribution in [0.4, 0.5) is 0 Å². The van der Waals surface area contributed by atoms with Crippen molar-refractivity contribution in [3.05, 3.63) is 101 Å². The zero-order valence-corrected chi connectivity index (χ0v) is 18.6. The van der Waals surface area contributed by atoms with Gasteiger partial charge in [0.15, 0.2) is 0 Å². The fraction of sp³-hybridized carbons (Fsp3) is 0.308. The number of aliphatic hydroxyl groups excluding tert-OH is 1. The quantitative estimate of drug-likeness (QED) is 0.569. The van der Waals surface area contributed by atoms with Crippen molar-refractivity contribution in [2.24, 2.45) is 0 Å². The van der Waals surface area contributed by atoms with Gasteiger partial charge in [0.05, 0.1) is 19.3 Å². The van der Waals surface area contributed by atoms with Gasteiger partial charge < -0.3 is 9.84 Å². The van der Waals surface area contributed by atoms with E-state index >= 15 is 0 Å². The first kappa shape index (κ1) is 21.8. The molecule has 31 heavy (non-hydrogen) atoms. The molecule has 1 N–H and O–H groups in total. The van der Waals surface area contributed by atoms with Crippen LogP contribution in [-0.4, -0.2) is 48.2 Å². The summed E-state index contributed by atoms with van der Waals surface area (Å²) in [5.41, 5.74) is 3.26. The zero-order chi connectivity index (χ0) is 21.6. The van der Waals surface area contributed by atoms with Gasteiger partial charge in [-0.1, -0.05) is 66.2 Å². The van der Waals surface area contributed by atoms with Gasteiger partial charge >= 0.3 is 0 Å². The molecule has 0 bridgehead atoms. The minimum atomic E-state index is -0.644. The summed E-state index contributed by atoms with van der Waals surface area (Å²) >= 11 is 6.20. The second kappa shape index (κ2) is 10.3. The summed E-state index contributed by atoms with van der Waals surface area (Å²) < 4.78 is 5.26. The smallest absolute Gasteiger partial charge is 0.118 e. The molecule has 1 heterocycles. The Kier molecular flexibility index (Phi) is 7.25. The molecule has 4 rings (SSSR count). The number of methoxy groups -OCH3 is 1. The second-order valence-electron chi connectivity index (χ2n) is 8.02. The lowest BCUT2D eigenvalue weighted by Gasteiger charge is -2.41. The maximum absolute atomic E-state index is 11.3. The van der Waals surface area contributed by atoms with Crippen LogP contribution in [0.5, 0.6) is 5.75 Å². The molecule has 0 aromatic heterocycles. The highest BCUT2D eigenvalue weighted by molar-refractivity contribution is 6.30. The van der Waals surface area contributed by atoms with Crippen molar-refractivity contribution >= 4 is 11.6 Å². The number of hydrogen-bond donors (Lipinski definition) is 1. The molecule has 2 unspecified atom stereocenters. The standard InChI is InChI=1S/C26H29ClN2O2/c1-31-24-12-10-20(11-13-24)19-28-14-16-29(17-15-28)25(21-6-3-2-4-7-21)26(30)22-8-5-9-23(27)18-22/h2-13,18,25-26,30H,14-17,19H2,1H3. The molecule has 4 nitrogen and oxygen atoms in total. The Labute approximate surface area is 189 Å². The fourth-order valence-electron chi connectivity index (χ4n) is 4.30. The Morgan fingerprint density at radius 3 is 2.19 bits per heavy atom. The number of nitrogens with zero attached hydrogens (tertiary/aromatic N) is 2. The average molecular weight is 437 g/mol. The van der Waals surface area contributed by atoms with Crippen LogP contribution in [0.25, 0.3) is 0 Å². The van der Waals surface area contributed by atoms with Crippen LogP contribution in [0.2, 0.25) is 5.02 Å². The molecular formula is C26H29ClN2O2. The van der Waals surface area contributed by atoms with E-state index in [9.17, 15) is 5.11 Å². The second-order valence-corrected chi connectivity index (χ2v) is 8.45. The van der Waals surface area contributed by atoms with Crippen LogP contribution in [0.15, 0.2) is 78.9 Å². The van der Waals surface area contributed by atoms with Crippen LogP contribution < -0.4 is 4.74 Å². The van der Waals surface area contributed by atoms with E-state index in [-0.39, 0.29) is 6.04 Å². The molecule has 1 fully saturated rings. The molecule has 162 valence electrons. The number of benzene rings is 3. The van der Waals surface area contributed by atoms with Gasteiger partial charge in [0.25, 0.3) is 0 Å². The van der Waals surface area contributed by atoms with Crippen molar-refractivity contribution in [2.75, 3.05) is 33.3 Å². The lowest BCUT2D eigenvalue weighted by Crippen LogP contribution is -2.48. The molecule has 0 saturated carbocycles. The molecule has 1 aliphatic heterocycles. The van der Waals surface area contributed by atoms with Crippen molar-refractivity contribution < 1.29 is 9.84 Å². The summed E-state index contributed by atoms with van der Waals surface area (Å²) in [4.78, 5) is 4.86. The van der Waals surface area contributed by atoms with Gasteiger partial charge in [0.1, 0.15) is 5.75 Å². The SMILES string of the molecule is COc1ccc(CN2CCN(C(c3ccccc3)C(O)c3cccc(Cl)c3)CC2)cc1. The van der Waals surface area contributed by atoms with Gasteiger partial charge in [-0.15, -0.1) is 0 Å². The Bertz CT molecular complexity index is 957. The number of piperazine rings is 1. The molecule has 2 atom stereocenters. The van der Waals surface area contributed by atoms with Crippen molar-refractivity contribution in [1.29, 1.82) is 0 Å². The van der Waals surface area contributed by atoms with E-state index in [1.54, 1.807) is 7.11 Å². The van der Waals surface area contributed by atoms with Crippen molar-refractivity contribution in [3.63, 3.8) is 0 Å². The summed E-state index contributed by atoms with van der Waals surface area (Å²) in [6, 6.07) is 26.0. The van der Waals surface area contributed by atoms with E-state index in [2.05, 4.69) is 34.1 Å². The molecule has 0 radical (unpaired) electrons. The first-order chi connectivity index (χ1) is 15.1. The zero-order valence-electron chi connectivity index (χ0n) is 17.8. The van der Waals surface area contributed by atoms with Gasteiger partial charge in [-0.2, -0.15) is 0 Å². The molecule has 5 heteroatoms. The largest absolute Gasteiger partial charge is 0.497 e. The molecule has 1 aliphatic rings. The Morgan fingerprint density at radius 1 is 0.871 bits per heavy atom. The summed E-state index contributed by atoms with van der Waals surface area (Å²) in [6.45, 7) is 4.63. The van der Waals surface area contributed by atoms with Gasteiger partial charge in [0, 0.05) is 37.7 Å². The number of ether oxygens (including phenoxy) is 1. The molecule has 3 aromatic rings. The summed E-state index contributed by atoms with van der Waals surface area (Å²) in [7, 11) is 1.69. The van der Waals surface area contributed by atoms with E-state index in [1.165, 1.54) is 5.56 Å². The van der Waals surface area contributed by atoms with E-state index in [1.807, 2.05) is 54.6 Å². The third-order valence-corrected chi connectivity index (χ3v) is 6.23. The highest BCUT2D eigenvalue weighted by Gasteiger charge is 2.31. The Hall–Kier alpha value is -2.37. The predicted molar refractivity (Wildman–Crippen MR) is 125 cm³/mol. The van der Waals surface area contributed by atoms with E-state index in [4.69, 9.17) is 16.3 Å². The highest BCUT2D eigenvalue weighted by atomic mass is 35.5. The van der Waals surface area contributed by atoms with Crippen molar-refractivity contribution in [3.8, 4) is 5.75 Å². The molecule has 3 aromatic carbocycles. The fourth-order valence-corrected chi connectivity index (χ4v) is 4.50. The van der Waals surface area contributed by atoms with Crippen LogP contribution in [-0.2, 0) is 6.54 Å². The Morgan fingerprint density at radius 2 is 1.55 bits per heavy atom. The number of hydrogen-bond acceptors (Lipinski definition) is 4. The average Bonchev–Trinajstić information content (AvgIpc) is 2.81. The number of halogens is 1. The van der Waals surface area contributed by atoms with Crippen LogP contribution in [0.3, 0.4) is 0 Å². The molecule has 0 aliphatic carbocycles. The minimum absolute atomic E-state index is 0.109. The van der Waals surface area contributed by atoms with E-state index < -0.39 is 6.10 Å². The monoisotopic (exact) mass is 436 g/mol. The normalized spacial score (nSPS) is 17.3. The third-order valence-electron chi connectivity index (χ3n) is 6.00.